The zero-order valence-electron chi connectivity index (χ0n) is 27.1. The number of unbranched alkanes of at least 4 members (excludes halogenated alkanes) is 15. The lowest BCUT2D eigenvalue weighted by Gasteiger charge is -2.12. The van der Waals surface area contributed by atoms with Crippen LogP contribution in [0, 0.1) is 0 Å². The second kappa shape index (κ2) is 32.0. The number of ether oxygens (including phenoxy) is 2. The molecule has 0 aliphatic carbocycles. The lowest BCUT2D eigenvalue weighted by Crippen LogP contribution is -2.25. The van der Waals surface area contributed by atoms with E-state index in [0.29, 0.717) is 12.8 Å². The summed E-state index contributed by atoms with van der Waals surface area (Å²) in [6.07, 6.45) is 33.6. The van der Waals surface area contributed by atoms with Crippen molar-refractivity contribution in [3.8, 4) is 0 Å². The van der Waals surface area contributed by atoms with Gasteiger partial charge in [-0.05, 0) is 32.1 Å². The van der Waals surface area contributed by atoms with E-state index in [0.717, 1.165) is 70.6 Å². The largest absolute Gasteiger partial charge is 0.463 e. The molecule has 0 spiro atoms. The third-order valence-corrected chi connectivity index (χ3v) is 7.24. The van der Waals surface area contributed by atoms with Crippen LogP contribution in [0.25, 0.3) is 0 Å². The molecule has 0 radical (unpaired) electrons. The summed E-state index contributed by atoms with van der Waals surface area (Å²) in [5, 5.41) is 20.0. The van der Waals surface area contributed by atoms with Gasteiger partial charge in [-0.25, -0.2) is 0 Å². The number of allylic oxidation sites excluding steroid dienone is 5. The van der Waals surface area contributed by atoms with E-state index in [2.05, 4.69) is 32.1 Å². The van der Waals surface area contributed by atoms with E-state index in [1.165, 1.54) is 57.8 Å². The summed E-state index contributed by atoms with van der Waals surface area (Å²) in [5.74, 6) is -0.640. The Morgan fingerprint density at radius 1 is 0.595 bits per heavy atom. The normalized spacial score (nSPS) is 13.3. The molecule has 6 heteroatoms. The molecule has 0 aliphatic rings. The molecule has 2 atom stereocenters. The van der Waals surface area contributed by atoms with Gasteiger partial charge in [0.05, 0.1) is 6.10 Å². The van der Waals surface area contributed by atoms with Crippen LogP contribution < -0.4 is 0 Å². The fourth-order valence-corrected chi connectivity index (χ4v) is 4.62. The molecule has 0 aromatic rings. The summed E-state index contributed by atoms with van der Waals surface area (Å²) in [6.45, 7) is 4.07. The fraction of sp³-hybridized carbons (Fsp3) is 0.778. The average molecular weight is 593 g/mol. The van der Waals surface area contributed by atoms with Crippen molar-refractivity contribution in [2.24, 2.45) is 0 Å². The van der Waals surface area contributed by atoms with Crippen LogP contribution in [0.5, 0.6) is 0 Å². The molecule has 244 valence electrons. The Balaban J connectivity index is 3.55. The maximum absolute atomic E-state index is 11.9. The first-order valence-electron chi connectivity index (χ1n) is 17.1. The number of aliphatic hydroxyl groups excluding tert-OH is 2. The lowest BCUT2D eigenvalue weighted by atomic mass is 10.0. The third-order valence-electron chi connectivity index (χ3n) is 7.24. The minimum atomic E-state index is -0.992. The van der Waals surface area contributed by atoms with Crippen LogP contribution in [-0.2, 0) is 19.1 Å². The molecular formula is C36H64O6. The zero-order chi connectivity index (χ0) is 30.9. The molecule has 0 bridgehead atoms. The van der Waals surface area contributed by atoms with Gasteiger partial charge in [0.15, 0.2) is 0 Å². The quantitative estimate of drug-likeness (QED) is 0.0374. The van der Waals surface area contributed by atoms with E-state index in [1.54, 1.807) is 0 Å². The van der Waals surface area contributed by atoms with Gasteiger partial charge in [-0.2, -0.15) is 0 Å². The summed E-state index contributed by atoms with van der Waals surface area (Å²) in [7, 11) is 0. The van der Waals surface area contributed by atoms with Gasteiger partial charge in [-0.15, -0.1) is 0 Å². The first kappa shape index (κ1) is 40.1. The van der Waals surface area contributed by atoms with Crippen molar-refractivity contribution >= 4 is 11.9 Å². The fourth-order valence-electron chi connectivity index (χ4n) is 4.62. The molecular weight excluding hydrogens is 528 g/mol. The van der Waals surface area contributed by atoms with E-state index in [9.17, 15) is 19.8 Å². The summed E-state index contributed by atoms with van der Waals surface area (Å²) >= 11 is 0. The Kier molecular flexibility index (Phi) is 30.5. The summed E-state index contributed by atoms with van der Waals surface area (Å²) in [6, 6.07) is 0. The van der Waals surface area contributed by atoms with Crippen molar-refractivity contribution in [1.82, 2.24) is 0 Å². The van der Waals surface area contributed by atoms with Gasteiger partial charge in [0.25, 0.3) is 0 Å². The minimum Gasteiger partial charge on any atom is -0.463 e. The Bertz CT molecular complexity index is 699. The summed E-state index contributed by atoms with van der Waals surface area (Å²) in [5.41, 5.74) is 0. The molecule has 6 nitrogen and oxygen atoms in total. The van der Waals surface area contributed by atoms with Crippen LogP contribution in [0.15, 0.2) is 36.5 Å². The summed E-state index contributed by atoms with van der Waals surface area (Å²) < 4.78 is 10.2. The van der Waals surface area contributed by atoms with Gasteiger partial charge in [0.2, 0.25) is 0 Å². The number of hydrogen-bond donors (Lipinski definition) is 2. The smallest absolute Gasteiger partial charge is 0.305 e. The second-order valence-electron chi connectivity index (χ2n) is 11.5. The molecule has 0 saturated carbocycles. The van der Waals surface area contributed by atoms with Crippen LogP contribution in [0.3, 0.4) is 0 Å². The van der Waals surface area contributed by atoms with Crippen molar-refractivity contribution in [3.63, 3.8) is 0 Å². The first-order valence-corrected chi connectivity index (χ1v) is 17.1. The molecule has 0 aromatic carbocycles. The van der Waals surface area contributed by atoms with Crippen molar-refractivity contribution < 1.29 is 29.3 Å². The Hall–Kier alpha value is -1.92. The molecule has 0 saturated heterocycles. The monoisotopic (exact) mass is 592 g/mol. The van der Waals surface area contributed by atoms with Crippen molar-refractivity contribution in [3.05, 3.63) is 36.5 Å². The Morgan fingerprint density at radius 3 is 1.57 bits per heavy atom. The number of carbonyl (C=O) groups is 2. The van der Waals surface area contributed by atoms with Gasteiger partial charge in [-0.3, -0.25) is 9.59 Å². The molecule has 0 aromatic heterocycles. The molecule has 42 heavy (non-hydrogen) atoms. The highest BCUT2D eigenvalue weighted by Crippen LogP contribution is 2.13. The van der Waals surface area contributed by atoms with Gasteiger partial charge in [0, 0.05) is 12.8 Å². The number of carbonyl (C=O) groups excluding carboxylic acids is 2. The highest BCUT2D eigenvalue weighted by Gasteiger charge is 2.12. The molecule has 0 heterocycles. The molecule has 2 N–H and O–H groups in total. The van der Waals surface area contributed by atoms with Crippen LogP contribution in [0.1, 0.15) is 155 Å². The number of esters is 2. The third kappa shape index (κ3) is 31.0. The Morgan fingerprint density at radius 2 is 1.07 bits per heavy atom. The van der Waals surface area contributed by atoms with Crippen molar-refractivity contribution in [2.75, 3.05) is 13.2 Å². The number of hydrogen-bond acceptors (Lipinski definition) is 6. The average Bonchev–Trinajstić information content (AvgIpc) is 2.98. The van der Waals surface area contributed by atoms with E-state index >= 15 is 0 Å². The van der Waals surface area contributed by atoms with Gasteiger partial charge >= 0.3 is 11.9 Å². The number of aliphatic hydroxyl groups is 2. The predicted octanol–water partition coefficient (Wildman–Crippen LogP) is 9.09. The predicted molar refractivity (Wildman–Crippen MR) is 174 cm³/mol. The molecule has 0 aliphatic heterocycles. The maximum Gasteiger partial charge on any atom is 0.305 e. The minimum absolute atomic E-state index is 0.141. The molecule has 1 unspecified atom stereocenters. The number of rotatable bonds is 30. The van der Waals surface area contributed by atoms with Crippen molar-refractivity contribution in [2.45, 2.75) is 167 Å². The Labute approximate surface area is 258 Å². The highest BCUT2D eigenvalue weighted by molar-refractivity contribution is 5.69. The van der Waals surface area contributed by atoms with Crippen LogP contribution >= 0.6 is 0 Å². The molecule has 0 fully saturated rings. The van der Waals surface area contributed by atoms with Crippen molar-refractivity contribution in [1.29, 1.82) is 0 Å². The van der Waals surface area contributed by atoms with E-state index in [4.69, 9.17) is 9.47 Å². The zero-order valence-corrected chi connectivity index (χ0v) is 27.1. The SMILES string of the molecule is CC/C=C/C/C=C/C=C/C(O)CCCCCCCC(=O)OC[C@@H](O)COC(=O)CCCCCCCCCCCCCC. The highest BCUT2D eigenvalue weighted by atomic mass is 16.6. The summed E-state index contributed by atoms with van der Waals surface area (Å²) in [4.78, 5) is 23.8. The first-order chi connectivity index (χ1) is 20.5. The lowest BCUT2D eigenvalue weighted by molar-refractivity contribution is -0.152. The van der Waals surface area contributed by atoms with Gasteiger partial charge in [0.1, 0.15) is 19.3 Å². The topological polar surface area (TPSA) is 93.1 Å². The van der Waals surface area contributed by atoms with E-state index in [1.807, 2.05) is 18.2 Å². The maximum atomic E-state index is 11.9. The van der Waals surface area contributed by atoms with Crippen LogP contribution in [0.2, 0.25) is 0 Å². The van der Waals surface area contributed by atoms with Gasteiger partial charge in [-0.1, -0.05) is 147 Å². The van der Waals surface area contributed by atoms with E-state index < -0.39 is 12.2 Å². The second-order valence-corrected chi connectivity index (χ2v) is 11.5. The standard InChI is InChI=1S/C36H64O6/c1-3-5-7-9-11-12-13-14-15-17-21-25-29-35(39)41-31-34(38)32-42-36(40)30-26-22-18-20-24-28-33(37)27-23-19-16-10-8-6-4-2/h6,8,16,19,23,27,33-34,37-38H,3-5,7,9-15,17-18,20-22,24-26,28-32H2,1-2H3/b8-6+,19-16+,27-23+/t33?,34-/m0/s1. The van der Waals surface area contributed by atoms with Crippen LogP contribution in [-0.4, -0.2) is 47.6 Å². The molecule has 0 rings (SSSR count). The van der Waals surface area contributed by atoms with E-state index in [-0.39, 0.29) is 25.2 Å². The van der Waals surface area contributed by atoms with Crippen LogP contribution in [0.4, 0.5) is 0 Å². The van der Waals surface area contributed by atoms with Gasteiger partial charge < -0.3 is 19.7 Å². The molecule has 0 amide bonds.